The number of allylic oxidation sites excluding steroid dienone is 4. The van der Waals surface area contributed by atoms with Crippen molar-refractivity contribution in [2.75, 3.05) is 0 Å². The summed E-state index contributed by atoms with van der Waals surface area (Å²) in [7, 11) is 0. The summed E-state index contributed by atoms with van der Waals surface area (Å²) >= 11 is 1.58. The van der Waals surface area contributed by atoms with E-state index in [-0.39, 0.29) is 30.3 Å². The molecule has 2 aliphatic carbocycles. The summed E-state index contributed by atoms with van der Waals surface area (Å²) in [5.41, 5.74) is -1.55. The minimum atomic E-state index is -1.27. The number of fused-ring (bicyclic) bond motifs is 2. The van der Waals surface area contributed by atoms with Gasteiger partial charge in [0.05, 0.1) is 17.6 Å². The molecule has 3 rings (SSSR count). The topological polar surface area (TPSA) is 74.6 Å². The van der Waals surface area contributed by atoms with Crippen LogP contribution in [0.1, 0.15) is 64.7 Å². The van der Waals surface area contributed by atoms with Crippen LogP contribution >= 0.6 is 11.3 Å². The van der Waals surface area contributed by atoms with Crippen LogP contribution in [0.3, 0.4) is 0 Å². The standard InChI is InChI=1S/C29H40O4S/c1-7-15-28-18-20(12-11-19(3)4)27(5,6)29(16-8-2,26(28)33)25(32)23(24(28)31)22(30)14-13-21-10-9-17-34-21/h7-11,17,20,23,25-26,32-33H,1-2,12-16,18H2,3-6H3/t20-,23?,25?,26?,28-,29+/m1/s1. The van der Waals surface area contributed by atoms with E-state index >= 15 is 0 Å². The minimum absolute atomic E-state index is 0.0477. The number of hydrogen-bond donors (Lipinski definition) is 2. The van der Waals surface area contributed by atoms with Gasteiger partial charge in [0, 0.05) is 16.7 Å². The lowest BCUT2D eigenvalue weighted by Gasteiger charge is -2.68. The normalized spacial score (nSPS) is 34.4. The Bertz CT molecular complexity index is 955. The largest absolute Gasteiger partial charge is 0.391 e. The van der Waals surface area contributed by atoms with Crippen LogP contribution in [0.5, 0.6) is 0 Å². The molecule has 0 aromatic carbocycles. The van der Waals surface area contributed by atoms with Crippen LogP contribution in [-0.2, 0) is 16.0 Å². The Morgan fingerprint density at radius 2 is 1.88 bits per heavy atom. The number of aryl methyl sites for hydroxylation is 1. The number of carbonyl (C=O) groups is 2. The molecule has 2 fully saturated rings. The van der Waals surface area contributed by atoms with E-state index in [2.05, 4.69) is 33.1 Å². The number of rotatable bonds is 10. The summed E-state index contributed by atoms with van der Waals surface area (Å²) in [5.74, 6) is -1.65. The fourth-order valence-corrected chi connectivity index (χ4v) is 7.49. The molecule has 1 aromatic rings. The van der Waals surface area contributed by atoms with Crippen LogP contribution in [-0.4, -0.2) is 34.0 Å². The van der Waals surface area contributed by atoms with Crippen molar-refractivity contribution in [2.24, 2.45) is 28.1 Å². The molecule has 186 valence electrons. The molecular formula is C29H40O4S. The Labute approximate surface area is 208 Å². The van der Waals surface area contributed by atoms with Crippen molar-refractivity contribution in [1.29, 1.82) is 0 Å². The molecule has 34 heavy (non-hydrogen) atoms. The second kappa shape index (κ2) is 10.0. The van der Waals surface area contributed by atoms with Gasteiger partial charge in [-0.25, -0.2) is 0 Å². The average molecular weight is 485 g/mol. The van der Waals surface area contributed by atoms with Crippen LogP contribution in [0, 0.1) is 28.1 Å². The molecule has 2 aliphatic rings. The van der Waals surface area contributed by atoms with E-state index in [0.29, 0.717) is 19.3 Å². The quantitative estimate of drug-likeness (QED) is 0.330. The Kier molecular flexibility index (Phi) is 7.91. The van der Waals surface area contributed by atoms with E-state index in [1.807, 2.05) is 31.4 Å². The number of aliphatic hydroxyl groups excluding tert-OH is 2. The van der Waals surface area contributed by atoms with Gasteiger partial charge in [0.15, 0.2) is 5.78 Å². The van der Waals surface area contributed by atoms with Gasteiger partial charge in [0.25, 0.3) is 0 Å². The van der Waals surface area contributed by atoms with E-state index in [9.17, 15) is 19.8 Å². The first kappa shape index (κ1) is 26.8. The van der Waals surface area contributed by atoms with Gasteiger partial charge in [-0.15, -0.1) is 24.5 Å². The summed E-state index contributed by atoms with van der Waals surface area (Å²) in [6.45, 7) is 16.1. The van der Waals surface area contributed by atoms with Crippen molar-refractivity contribution < 1.29 is 19.8 Å². The van der Waals surface area contributed by atoms with Gasteiger partial charge in [0.2, 0.25) is 0 Å². The van der Waals surface area contributed by atoms with Gasteiger partial charge < -0.3 is 10.2 Å². The van der Waals surface area contributed by atoms with Gasteiger partial charge in [0.1, 0.15) is 11.7 Å². The number of hydrogen-bond acceptors (Lipinski definition) is 5. The molecule has 1 aromatic heterocycles. The first-order chi connectivity index (χ1) is 16.0. The number of carbonyl (C=O) groups excluding carboxylic acids is 2. The van der Waals surface area contributed by atoms with Gasteiger partial charge >= 0.3 is 0 Å². The summed E-state index contributed by atoms with van der Waals surface area (Å²) in [6, 6.07) is 3.92. The lowest BCUT2D eigenvalue weighted by Crippen LogP contribution is -2.75. The molecule has 5 heteroatoms. The Morgan fingerprint density at radius 1 is 1.21 bits per heavy atom. The number of aliphatic hydroxyl groups is 2. The fourth-order valence-electron chi connectivity index (χ4n) is 6.78. The molecule has 4 nitrogen and oxygen atoms in total. The molecule has 0 spiro atoms. The highest BCUT2D eigenvalue weighted by molar-refractivity contribution is 7.09. The zero-order chi connectivity index (χ0) is 25.3. The lowest BCUT2D eigenvalue weighted by atomic mass is 9.36. The average Bonchev–Trinajstić information content (AvgIpc) is 3.29. The molecule has 2 saturated carbocycles. The maximum Gasteiger partial charge on any atom is 0.155 e. The van der Waals surface area contributed by atoms with E-state index in [1.54, 1.807) is 23.5 Å². The summed E-state index contributed by atoms with van der Waals surface area (Å²) in [5, 5.41) is 25.7. The second-order valence-electron chi connectivity index (χ2n) is 11.1. The van der Waals surface area contributed by atoms with Crippen LogP contribution in [0.25, 0.3) is 0 Å². The maximum atomic E-state index is 14.1. The molecule has 1 heterocycles. The third-order valence-corrected chi connectivity index (χ3v) is 9.74. The minimum Gasteiger partial charge on any atom is -0.391 e. The number of ketones is 2. The van der Waals surface area contributed by atoms with Crippen molar-refractivity contribution in [1.82, 2.24) is 0 Å². The van der Waals surface area contributed by atoms with Crippen molar-refractivity contribution in [3.8, 4) is 0 Å². The zero-order valence-electron chi connectivity index (χ0n) is 21.0. The van der Waals surface area contributed by atoms with Crippen LogP contribution in [0.15, 0.2) is 54.5 Å². The van der Waals surface area contributed by atoms with Crippen molar-refractivity contribution in [3.05, 3.63) is 59.3 Å². The highest BCUT2D eigenvalue weighted by Crippen LogP contribution is 2.68. The number of thiophene rings is 1. The molecule has 2 bridgehead atoms. The molecule has 2 N–H and O–H groups in total. The predicted molar refractivity (Wildman–Crippen MR) is 139 cm³/mol. The Morgan fingerprint density at radius 3 is 2.44 bits per heavy atom. The summed E-state index contributed by atoms with van der Waals surface area (Å²) < 4.78 is 0. The SMILES string of the molecule is C=CC[C@@]12C[C@@H](CC=C(C)C)C(C)(C)[C@@](CC=C)(C(O)C(C(=O)CCc3cccs3)C1=O)C2O. The van der Waals surface area contributed by atoms with Crippen LogP contribution in [0.4, 0.5) is 0 Å². The van der Waals surface area contributed by atoms with Gasteiger partial charge in [-0.05, 0) is 68.7 Å². The molecule has 0 aliphatic heterocycles. The monoisotopic (exact) mass is 484 g/mol. The third kappa shape index (κ3) is 4.10. The Balaban J connectivity index is 2.12. The smallest absolute Gasteiger partial charge is 0.155 e. The van der Waals surface area contributed by atoms with Gasteiger partial charge in [-0.3, -0.25) is 9.59 Å². The van der Waals surface area contributed by atoms with Gasteiger partial charge in [-0.2, -0.15) is 0 Å². The first-order valence-corrected chi connectivity index (χ1v) is 13.2. The molecule has 3 unspecified atom stereocenters. The summed E-state index contributed by atoms with van der Waals surface area (Å²) in [4.78, 5) is 28.7. The lowest BCUT2D eigenvalue weighted by molar-refractivity contribution is -0.260. The van der Waals surface area contributed by atoms with Crippen molar-refractivity contribution >= 4 is 22.9 Å². The van der Waals surface area contributed by atoms with Crippen LogP contribution < -0.4 is 0 Å². The highest BCUT2D eigenvalue weighted by Gasteiger charge is 2.74. The van der Waals surface area contributed by atoms with Crippen molar-refractivity contribution in [2.45, 2.75) is 78.4 Å². The third-order valence-electron chi connectivity index (χ3n) is 8.81. The molecule has 0 radical (unpaired) electrons. The fraction of sp³-hybridized carbons (Fsp3) is 0.586. The van der Waals surface area contributed by atoms with E-state index < -0.39 is 34.4 Å². The van der Waals surface area contributed by atoms with E-state index in [1.165, 1.54) is 5.57 Å². The Hall–Kier alpha value is -1.82. The second-order valence-corrected chi connectivity index (χ2v) is 12.1. The van der Waals surface area contributed by atoms with Gasteiger partial charge in [-0.1, -0.05) is 43.7 Å². The maximum absolute atomic E-state index is 14.1. The molecule has 0 amide bonds. The molecule has 6 atom stereocenters. The zero-order valence-corrected chi connectivity index (χ0v) is 21.9. The summed E-state index contributed by atoms with van der Waals surface area (Å²) in [6.07, 6.45) is 5.79. The molecule has 0 saturated heterocycles. The molecular weight excluding hydrogens is 444 g/mol. The number of Topliss-reactive ketones (excluding diaryl/α,β-unsaturated/α-hetero) is 2. The first-order valence-electron chi connectivity index (χ1n) is 12.3. The van der Waals surface area contributed by atoms with Crippen molar-refractivity contribution in [3.63, 3.8) is 0 Å². The highest BCUT2D eigenvalue weighted by atomic mass is 32.1. The van der Waals surface area contributed by atoms with E-state index in [4.69, 9.17) is 0 Å². The predicted octanol–water partition coefficient (Wildman–Crippen LogP) is 5.70. The van der Waals surface area contributed by atoms with Crippen LogP contribution in [0.2, 0.25) is 0 Å². The van der Waals surface area contributed by atoms with E-state index in [0.717, 1.165) is 11.3 Å².